The highest BCUT2D eigenvalue weighted by Crippen LogP contribution is 2.20. The molecule has 0 atom stereocenters. The van der Waals surface area contributed by atoms with E-state index in [2.05, 4.69) is 4.98 Å². The largest absolute Gasteiger partial charge is 0.359 e. The highest BCUT2D eigenvalue weighted by molar-refractivity contribution is 14.1. The van der Waals surface area contributed by atoms with E-state index in [0.29, 0.717) is 3.57 Å². The second kappa shape index (κ2) is 4.36. The number of rotatable bonds is 2. The number of nitrogens with one attached hydrogen (secondary N) is 1. The van der Waals surface area contributed by atoms with Crippen LogP contribution in [0.5, 0.6) is 0 Å². The van der Waals surface area contributed by atoms with E-state index in [1.54, 1.807) is 22.6 Å². The monoisotopic (exact) mass is 319 g/mol. The third kappa shape index (κ3) is 2.19. The van der Waals surface area contributed by atoms with Gasteiger partial charge in [-0.2, -0.15) is 0 Å². The molecule has 0 saturated carbocycles. The first-order valence-electron chi connectivity index (χ1n) is 3.32. The average Bonchev–Trinajstić information content (AvgIpc) is 2.09. The molecule has 6 heteroatoms. The van der Waals surface area contributed by atoms with E-state index in [1.807, 2.05) is 0 Å². The molecule has 0 aliphatic carbocycles. The van der Waals surface area contributed by atoms with Crippen molar-refractivity contribution in [3.8, 4) is 0 Å². The van der Waals surface area contributed by atoms with Crippen molar-refractivity contribution in [2.24, 2.45) is 0 Å². The Balaban J connectivity index is 3.39. The summed E-state index contributed by atoms with van der Waals surface area (Å²) in [6.45, 7) is 0. The van der Waals surface area contributed by atoms with E-state index >= 15 is 0 Å². The van der Waals surface area contributed by atoms with Crippen LogP contribution in [0.4, 0.5) is 8.78 Å². The van der Waals surface area contributed by atoms with Crippen LogP contribution in [0.2, 0.25) is 0 Å². The molecule has 0 aliphatic rings. The van der Waals surface area contributed by atoms with Crippen molar-refractivity contribution in [2.75, 3.05) is 0 Å². The van der Waals surface area contributed by atoms with Crippen LogP contribution in [-0.4, -0.2) is 4.98 Å². The summed E-state index contributed by atoms with van der Waals surface area (Å²) in [5.74, 6) is -0.203. The van der Waals surface area contributed by atoms with Crippen molar-refractivity contribution >= 4 is 34.2 Å². The molecular formula is C7H5ClF2INO. The topological polar surface area (TPSA) is 32.9 Å². The highest BCUT2D eigenvalue weighted by atomic mass is 127. The maximum Gasteiger partial charge on any atom is 0.278 e. The van der Waals surface area contributed by atoms with E-state index in [1.165, 1.54) is 6.20 Å². The third-order valence-electron chi connectivity index (χ3n) is 1.52. The summed E-state index contributed by atoms with van der Waals surface area (Å²) in [6, 6.07) is 0. The number of hydrogen-bond donors (Lipinski definition) is 1. The summed E-state index contributed by atoms with van der Waals surface area (Å²) in [5.41, 5.74) is -0.867. The minimum Gasteiger partial charge on any atom is -0.359 e. The molecule has 0 fully saturated rings. The number of hydrogen-bond acceptors (Lipinski definition) is 1. The fourth-order valence-corrected chi connectivity index (χ4v) is 1.63. The molecule has 1 aromatic rings. The van der Waals surface area contributed by atoms with E-state index in [9.17, 15) is 13.6 Å². The van der Waals surface area contributed by atoms with Crippen molar-refractivity contribution in [3.63, 3.8) is 0 Å². The van der Waals surface area contributed by atoms with Crippen molar-refractivity contribution in [1.82, 2.24) is 4.98 Å². The summed E-state index contributed by atoms with van der Waals surface area (Å²) in [4.78, 5) is 13.6. The van der Waals surface area contributed by atoms with Crippen molar-refractivity contribution < 1.29 is 8.78 Å². The van der Waals surface area contributed by atoms with Crippen LogP contribution < -0.4 is 5.43 Å². The van der Waals surface area contributed by atoms with Gasteiger partial charge in [-0.1, -0.05) is 0 Å². The first-order valence-corrected chi connectivity index (χ1v) is 4.93. The molecule has 0 aromatic carbocycles. The zero-order chi connectivity index (χ0) is 10.0. The van der Waals surface area contributed by atoms with Crippen LogP contribution in [-0.2, 0) is 5.88 Å². The molecule has 1 rings (SSSR count). The van der Waals surface area contributed by atoms with Crippen LogP contribution in [0.25, 0.3) is 0 Å². The van der Waals surface area contributed by atoms with Gasteiger partial charge in [-0.15, -0.1) is 11.6 Å². The lowest BCUT2D eigenvalue weighted by molar-refractivity contribution is 0.145. The summed E-state index contributed by atoms with van der Waals surface area (Å²) in [6.07, 6.45) is -1.45. The highest BCUT2D eigenvalue weighted by Gasteiger charge is 2.16. The van der Waals surface area contributed by atoms with E-state index < -0.39 is 11.9 Å². The normalized spacial score (nSPS) is 10.8. The van der Waals surface area contributed by atoms with Gasteiger partial charge in [0.05, 0.1) is 15.1 Å². The molecule has 0 saturated heterocycles. The zero-order valence-electron chi connectivity index (χ0n) is 6.28. The van der Waals surface area contributed by atoms with E-state index in [0.717, 1.165) is 0 Å². The summed E-state index contributed by atoms with van der Waals surface area (Å²) >= 11 is 7.16. The smallest absolute Gasteiger partial charge is 0.278 e. The molecule has 1 aromatic heterocycles. The Morgan fingerprint density at radius 2 is 2.23 bits per heavy atom. The Bertz CT molecular complexity index is 366. The van der Waals surface area contributed by atoms with Crippen LogP contribution in [0.3, 0.4) is 0 Å². The SMILES string of the molecule is O=c1c(I)c[nH]c(C(F)F)c1CCl. The first kappa shape index (κ1) is 10.9. The molecule has 0 unspecified atom stereocenters. The lowest BCUT2D eigenvalue weighted by Crippen LogP contribution is -2.15. The molecule has 2 nitrogen and oxygen atoms in total. The van der Waals surface area contributed by atoms with Gasteiger partial charge in [0.1, 0.15) is 0 Å². The van der Waals surface area contributed by atoms with Gasteiger partial charge in [-0.25, -0.2) is 8.78 Å². The van der Waals surface area contributed by atoms with Crippen molar-refractivity contribution in [1.29, 1.82) is 0 Å². The Kier molecular flexibility index (Phi) is 3.66. The molecule has 1 N–H and O–H groups in total. The lowest BCUT2D eigenvalue weighted by atomic mass is 10.2. The van der Waals surface area contributed by atoms with Crippen molar-refractivity contribution in [3.05, 3.63) is 31.2 Å². The maximum absolute atomic E-state index is 12.3. The number of pyridine rings is 1. The van der Waals surface area contributed by atoms with Gasteiger partial charge < -0.3 is 4.98 Å². The molecule has 72 valence electrons. The molecule has 0 bridgehead atoms. The average molecular weight is 319 g/mol. The molecule has 0 spiro atoms. The number of alkyl halides is 3. The Hall–Kier alpha value is -0.170. The maximum atomic E-state index is 12.3. The number of halogens is 4. The van der Waals surface area contributed by atoms with E-state index in [4.69, 9.17) is 11.6 Å². The molecule has 0 aliphatic heterocycles. The minimum absolute atomic E-state index is 0.0523. The third-order valence-corrected chi connectivity index (χ3v) is 2.59. The lowest BCUT2D eigenvalue weighted by Gasteiger charge is -2.05. The van der Waals surface area contributed by atoms with Gasteiger partial charge in [0, 0.05) is 11.8 Å². The fraction of sp³-hybridized carbons (Fsp3) is 0.286. The number of H-pyrrole nitrogens is 1. The standard InChI is InChI=1S/C7H5ClF2INO/c8-1-3-5(7(9)10)12-2-4(11)6(3)13/h2,7H,1H2,(H,12,13). The van der Waals surface area contributed by atoms with Crippen molar-refractivity contribution in [2.45, 2.75) is 12.3 Å². The van der Waals surface area contributed by atoms with Crippen LogP contribution in [0, 0.1) is 3.57 Å². The van der Waals surface area contributed by atoms with Gasteiger partial charge in [0.15, 0.2) is 5.43 Å². The van der Waals surface area contributed by atoms with Gasteiger partial charge in [0.25, 0.3) is 6.43 Å². The molecule has 0 amide bonds. The van der Waals surface area contributed by atoms with Gasteiger partial charge in [0.2, 0.25) is 0 Å². The molecule has 13 heavy (non-hydrogen) atoms. The Morgan fingerprint density at radius 1 is 1.62 bits per heavy atom. The van der Waals surface area contributed by atoms with E-state index in [-0.39, 0.29) is 17.1 Å². The number of aromatic nitrogens is 1. The molecule has 1 heterocycles. The van der Waals surface area contributed by atoms with Gasteiger partial charge in [-0.05, 0) is 22.6 Å². The fourth-order valence-electron chi connectivity index (χ4n) is 0.888. The predicted molar refractivity (Wildman–Crippen MR) is 54.3 cm³/mol. The van der Waals surface area contributed by atoms with Gasteiger partial charge >= 0.3 is 0 Å². The zero-order valence-corrected chi connectivity index (χ0v) is 9.20. The molecule has 0 radical (unpaired) electrons. The Morgan fingerprint density at radius 3 is 2.69 bits per heavy atom. The summed E-state index contributed by atoms with van der Waals surface area (Å²) in [5, 5.41) is 0. The quantitative estimate of drug-likeness (QED) is 0.660. The second-order valence-electron chi connectivity index (χ2n) is 2.29. The number of aromatic amines is 1. The first-order chi connectivity index (χ1) is 6.07. The van der Waals surface area contributed by atoms with Crippen LogP contribution >= 0.6 is 34.2 Å². The second-order valence-corrected chi connectivity index (χ2v) is 3.72. The van der Waals surface area contributed by atoms with Crippen LogP contribution in [0.1, 0.15) is 17.7 Å². The predicted octanol–water partition coefficient (Wildman–Crippen LogP) is 2.66. The van der Waals surface area contributed by atoms with Gasteiger partial charge in [-0.3, -0.25) is 4.79 Å². The summed E-state index contributed by atoms with van der Waals surface area (Å²) < 4.78 is 24.9. The van der Waals surface area contributed by atoms with Crippen LogP contribution in [0.15, 0.2) is 11.0 Å². The Labute approximate surface area is 91.4 Å². The summed E-state index contributed by atoms with van der Waals surface area (Å²) in [7, 11) is 0. The minimum atomic E-state index is -2.70. The molecular weight excluding hydrogens is 314 g/mol.